The molecule has 0 bridgehead atoms. The molecule has 2 aromatic rings. The highest BCUT2D eigenvalue weighted by molar-refractivity contribution is 7.19. The van der Waals surface area contributed by atoms with Crippen LogP contribution in [0.4, 0.5) is 0 Å². The summed E-state index contributed by atoms with van der Waals surface area (Å²) in [5, 5.41) is 5.56. The molecule has 1 aromatic carbocycles. The van der Waals surface area contributed by atoms with E-state index in [4.69, 9.17) is 0 Å². The first-order valence-electron chi connectivity index (χ1n) is 5.90. The molecule has 2 nitrogen and oxygen atoms in total. The maximum atomic E-state index is 10.1. The topological polar surface area (TPSA) is 32.3 Å². The highest BCUT2D eigenvalue weighted by Gasteiger charge is 2.20. The molecule has 4 heteroatoms. The molecule has 1 heterocycles. The van der Waals surface area contributed by atoms with E-state index in [0.29, 0.717) is 0 Å². The normalized spacial score (nSPS) is 12.2. The standard InChI is InChI=1S/C13H19NOSSi/c1-14-7-6-11-8-10-9-12(17(2,3)15)4-5-13(10)16-11/h4-5,8-9,14-15H,6-7H2,1-3H3. The molecule has 0 unspecified atom stereocenters. The van der Waals surface area contributed by atoms with Crippen LogP contribution in [-0.2, 0) is 6.42 Å². The Morgan fingerprint density at radius 2 is 2.06 bits per heavy atom. The Balaban J connectivity index is 2.34. The Hall–Kier alpha value is -0.683. The predicted molar refractivity (Wildman–Crippen MR) is 78.8 cm³/mol. The summed E-state index contributed by atoms with van der Waals surface area (Å²) in [4.78, 5) is 11.5. The molecule has 0 saturated carbocycles. The summed E-state index contributed by atoms with van der Waals surface area (Å²) in [6, 6.07) is 8.62. The Bertz CT molecular complexity index is 516. The van der Waals surface area contributed by atoms with Gasteiger partial charge in [0.25, 0.3) is 0 Å². The van der Waals surface area contributed by atoms with Crippen molar-refractivity contribution in [3.8, 4) is 0 Å². The van der Waals surface area contributed by atoms with Gasteiger partial charge in [-0.05, 0) is 55.8 Å². The smallest absolute Gasteiger partial charge is 0.213 e. The van der Waals surface area contributed by atoms with Gasteiger partial charge >= 0.3 is 0 Å². The van der Waals surface area contributed by atoms with Gasteiger partial charge in [0.1, 0.15) is 0 Å². The first-order chi connectivity index (χ1) is 8.00. The number of nitrogens with one attached hydrogen (secondary N) is 1. The van der Waals surface area contributed by atoms with Crippen LogP contribution in [-0.4, -0.2) is 26.7 Å². The fourth-order valence-electron chi connectivity index (χ4n) is 1.85. The molecule has 0 amide bonds. The maximum absolute atomic E-state index is 10.1. The van der Waals surface area contributed by atoms with Gasteiger partial charge in [0.05, 0.1) is 0 Å². The van der Waals surface area contributed by atoms with Crippen molar-refractivity contribution >= 4 is 34.9 Å². The zero-order valence-corrected chi connectivity index (χ0v) is 12.4. The molecule has 0 atom stereocenters. The van der Waals surface area contributed by atoms with Gasteiger partial charge in [-0.15, -0.1) is 11.3 Å². The van der Waals surface area contributed by atoms with Crippen LogP contribution in [0.3, 0.4) is 0 Å². The van der Waals surface area contributed by atoms with Gasteiger partial charge in [0.15, 0.2) is 0 Å². The highest BCUT2D eigenvalue weighted by atomic mass is 32.1. The van der Waals surface area contributed by atoms with Crippen molar-refractivity contribution in [3.05, 3.63) is 29.1 Å². The molecular weight excluding hydrogens is 246 g/mol. The van der Waals surface area contributed by atoms with Crippen LogP contribution in [0, 0.1) is 0 Å². The van der Waals surface area contributed by atoms with E-state index in [1.807, 2.05) is 31.5 Å². The summed E-state index contributed by atoms with van der Waals surface area (Å²) < 4.78 is 1.32. The summed E-state index contributed by atoms with van der Waals surface area (Å²) >= 11 is 1.85. The summed E-state index contributed by atoms with van der Waals surface area (Å²) in [6.45, 7) is 4.94. The molecule has 2 rings (SSSR count). The SMILES string of the molecule is CNCCc1cc2cc([Si](C)(C)O)ccc2s1. The number of hydrogen-bond acceptors (Lipinski definition) is 3. The summed E-state index contributed by atoms with van der Waals surface area (Å²) in [5.41, 5.74) is 0. The van der Waals surface area contributed by atoms with Crippen LogP contribution in [0.2, 0.25) is 13.1 Å². The Morgan fingerprint density at radius 1 is 1.29 bits per heavy atom. The minimum atomic E-state index is -2.17. The molecule has 0 fully saturated rings. The van der Waals surface area contributed by atoms with Crippen LogP contribution in [0.25, 0.3) is 10.1 Å². The lowest BCUT2D eigenvalue weighted by Gasteiger charge is -2.14. The number of benzene rings is 1. The Kier molecular flexibility index (Phi) is 3.68. The highest BCUT2D eigenvalue weighted by Crippen LogP contribution is 2.25. The van der Waals surface area contributed by atoms with Gasteiger partial charge in [-0.25, -0.2) is 0 Å². The number of hydrogen-bond donors (Lipinski definition) is 2. The molecule has 0 saturated heterocycles. The quantitative estimate of drug-likeness (QED) is 0.830. The number of thiophene rings is 1. The Labute approximate surface area is 107 Å². The average molecular weight is 265 g/mol. The summed E-state index contributed by atoms with van der Waals surface area (Å²) in [6.07, 6.45) is 1.07. The molecule has 0 spiro atoms. The fraction of sp³-hybridized carbons (Fsp3) is 0.385. The number of likely N-dealkylation sites (N-methyl/N-ethyl adjacent to an activating group) is 1. The third-order valence-corrected chi connectivity index (χ3v) is 5.79. The van der Waals surface area contributed by atoms with Crippen molar-refractivity contribution in [2.45, 2.75) is 19.5 Å². The van der Waals surface area contributed by atoms with E-state index in [1.54, 1.807) is 0 Å². The van der Waals surface area contributed by atoms with E-state index >= 15 is 0 Å². The van der Waals surface area contributed by atoms with Gasteiger partial charge in [-0.3, -0.25) is 0 Å². The number of rotatable bonds is 4. The van der Waals surface area contributed by atoms with Crippen LogP contribution >= 0.6 is 11.3 Å². The van der Waals surface area contributed by atoms with Gasteiger partial charge < -0.3 is 10.1 Å². The zero-order chi connectivity index (χ0) is 12.5. The van der Waals surface area contributed by atoms with Crippen LogP contribution < -0.4 is 10.5 Å². The lowest BCUT2D eigenvalue weighted by Crippen LogP contribution is -2.41. The second kappa shape index (κ2) is 4.90. The van der Waals surface area contributed by atoms with E-state index in [2.05, 4.69) is 29.6 Å². The Morgan fingerprint density at radius 3 is 2.71 bits per heavy atom. The third-order valence-electron chi connectivity index (χ3n) is 2.90. The van der Waals surface area contributed by atoms with Gasteiger partial charge in [-0.1, -0.05) is 12.1 Å². The lowest BCUT2D eigenvalue weighted by atomic mass is 10.2. The van der Waals surface area contributed by atoms with E-state index in [-0.39, 0.29) is 0 Å². The van der Waals surface area contributed by atoms with Crippen LogP contribution in [0.15, 0.2) is 24.3 Å². The zero-order valence-electron chi connectivity index (χ0n) is 10.6. The molecule has 2 N–H and O–H groups in total. The van der Waals surface area contributed by atoms with Crippen molar-refractivity contribution in [3.63, 3.8) is 0 Å². The molecule has 17 heavy (non-hydrogen) atoms. The lowest BCUT2D eigenvalue weighted by molar-refractivity contribution is 0.568. The van der Waals surface area contributed by atoms with Crippen LogP contribution in [0.5, 0.6) is 0 Å². The van der Waals surface area contributed by atoms with Crippen molar-refractivity contribution in [2.75, 3.05) is 13.6 Å². The summed E-state index contributed by atoms with van der Waals surface area (Å²) in [5.74, 6) is 0. The molecule has 0 aliphatic rings. The molecule has 1 aromatic heterocycles. The minimum absolute atomic E-state index is 1.01. The molecule has 0 radical (unpaired) electrons. The fourth-order valence-corrected chi connectivity index (χ4v) is 3.89. The predicted octanol–water partition coefficient (Wildman–Crippen LogP) is 2.07. The van der Waals surface area contributed by atoms with Crippen molar-refractivity contribution in [1.82, 2.24) is 5.32 Å². The monoisotopic (exact) mass is 265 g/mol. The van der Waals surface area contributed by atoms with Crippen molar-refractivity contribution in [1.29, 1.82) is 0 Å². The van der Waals surface area contributed by atoms with E-state index in [9.17, 15) is 4.80 Å². The molecule has 0 aliphatic heterocycles. The molecule has 0 aliphatic carbocycles. The maximum Gasteiger partial charge on any atom is 0.213 e. The van der Waals surface area contributed by atoms with E-state index in [1.165, 1.54) is 15.0 Å². The average Bonchev–Trinajstić information content (AvgIpc) is 2.66. The summed E-state index contributed by atoms with van der Waals surface area (Å²) in [7, 11) is -0.197. The van der Waals surface area contributed by atoms with Gasteiger partial charge in [0, 0.05) is 9.58 Å². The third kappa shape index (κ3) is 2.96. The first kappa shape index (κ1) is 12.8. The minimum Gasteiger partial charge on any atom is -0.428 e. The largest absolute Gasteiger partial charge is 0.428 e. The van der Waals surface area contributed by atoms with Gasteiger partial charge in [-0.2, -0.15) is 0 Å². The van der Waals surface area contributed by atoms with Crippen molar-refractivity contribution in [2.24, 2.45) is 0 Å². The van der Waals surface area contributed by atoms with Crippen molar-refractivity contribution < 1.29 is 4.80 Å². The first-order valence-corrected chi connectivity index (χ1v) is 9.67. The van der Waals surface area contributed by atoms with Gasteiger partial charge in [0.2, 0.25) is 8.32 Å². The molecular formula is C13H19NOSSi. The van der Waals surface area contributed by atoms with E-state index in [0.717, 1.165) is 18.2 Å². The number of fused-ring (bicyclic) bond motifs is 1. The van der Waals surface area contributed by atoms with Crippen LogP contribution in [0.1, 0.15) is 4.88 Å². The second-order valence-electron chi connectivity index (χ2n) is 4.88. The van der Waals surface area contributed by atoms with E-state index < -0.39 is 8.32 Å². The molecule has 92 valence electrons. The second-order valence-corrected chi connectivity index (χ2v) is 9.74.